The van der Waals surface area contributed by atoms with E-state index in [9.17, 15) is 9.18 Å². The third-order valence-electron chi connectivity index (χ3n) is 3.49. The normalized spacial score (nSPS) is 18.6. The van der Waals surface area contributed by atoms with E-state index in [0.29, 0.717) is 28.1 Å². The van der Waals surface area contributed by atoms with Gasteiger partial charge in [0.1, 0.15) is 5.82 Å². The lowest BCUT2D eigenvalue weighted by Gasteiger charge is -2.21. The smallest absolute Gasteiger partial charge is 0.251 e. The highest BCUT2D eigenvalue weighted by atomic mass is 32.2. The molecule has 0 aliphatic carbocycles. The zero-order valence-electron chi connectivity index (χ0n) is 11.5. The summed E-state index contributed by atoms with van der Waals surface area (Å²) in [6.07, 6.45) is 0. The summed E-state index contributed by atoms with van der Waals surface area (Å²) in [6.45, 7) is 0.669. The van der Waals surface area contributed by atoms with Crippen LogP contribution in [0.3, 0.4) is 0 Å². The van der Waals surface area contributed by atoms with Crippen LogP contribution in [-0.4, -0.2) is 35.0 Å². The number of amides is 1. The van der Waals surface area contributed by atoms with Gasteiger partial charge in [-0.2, -0.15) is 23.5 Å². The molecule has 1 aliphatic heterocycles. The zero-order valence-corrected chi connectivity index (χ0v) is 13.1. The van der Waals surface area contributed by atoms with Crippen molar-refractivity contribution in [2.45, 2.75) is 5.25 Å². The highest BCUT2D eigenvalue weighted by molar-refractivity contribution is 8.06. The molecular weight excluding hydrogens is 305 g/mol. The highest BCUT2D eigenvalue weighted by Crippen LogP contribution is 2.24. The molecular formula is C16H16FNOS2. The molecule has 0 bridgehead atoms. The number of rotatable bonds is 3. The first-order chi connectivity index (χ1) is 10.3. The van der Waals surface area contributed by atoms with E-state index in [-0.39, 0.29) is 11.7 Å². The van der Waals surface area contributed by atoms with Gasteiger partial charge in [0.25, 0.3) is 5.91 Å². The Morgan fingerprint density at radius 2 is 2.00 bits per heavy atom. The number of halogens is 1. The summed E-state index contributed by atoms with van der Waals surface area (Å²) in [5.41, 5.74) is 0.542. The minimum Gasteiger partial charge on any atom is -0.351 e. The Morgan fingerprint density at radius 3 is 2.76 bits per heavy atom. The molecule has 21 heavy (non-hydrogen) atoms. The predicted molar refractivity (Wildman–Crippen MR) is 89.8 cm³/mol. The Bertz CT molecular complexity index is 656. The summed E-state index contributed by atoms with van der Waals surface area (Å²) in [7, 11) is 0. The van der Waals surface area contributed by atoms with Gasteiger partial charge < -0.3 is 5.32 Å². The van der Waals surface area contributed by atoms with E-state index in [2.05, 4.69) is 5.32 Å². The average molecular weight is 321 g/mol. The molecule has 1 saturated heterocycles. The summed E-state index contributed by atoms with van der Waals surface area (Å²) in [4.78, 5) is 12.4. The summed E-state index contributed by atoms with van der Waals surface area (Å²) in [5.74, 6) is 3.00. The molecule has 1 N–H and O–H groups in total. The number of hydrogen-bond donors (Lipinski definition) is 1. The van der Waals surface area contributed by atoms with Crippen molar-refractivity contribution in [3.63, 3.8) is 0 Å². The zero-order chi connectivity index (χ0) is 14.7. The molecule has 1 amide bonds. The van der Waals surface area contributed by atoms with Crippen molar-refractivity contribution in [1.82, 2.24) is 5.32 Å². The van der Waals surface area contributed by atoms with Crippen molar-refractivity contribution < 1.29 is 9.18 Å². The molecule has 1 atom stereocenters. The van der Waals surface area contributed by atoms with Crippen LogP contribution in [-0.2, 0) is 0 Å². The Balaban J connectivity index is 1.77. The Labute approximate surface area is 131 Å². The van der Waals surface area contributed by atoms with Crippen molar-refractivity contribution in [3.05, 3.63) is 47.8 Å². The minimum atomic E-state index is -0.290. The molecule has 1 fully saturated rings. The van der Waals surface area contributed by atoms with E-state index >= 15 is 0 Å². The Morgan fingerprint density at radius 1 is 1.19 bits per heavy atom. The highest BCUT2D eigenvalue weighted by Gasteiger charge is 2.17. The van der Waals surface area contributed by atoms with Gasteiger partial charge in [-0.25, -0.2) is 4.39 Å². The molecule has 110 valence electrons. The van der Waals surface area contributed by atoms with Gasteiger partial charge in [0.05, 0.1) is 0 Å². The van der Waals surface area contributed by atoms with E-state index in [4.69, 9.17) is 0 Å². The molecule has 5 heteroatoms. The fourth-order valence-electron chi connectivity index (χ4n) is 2.42. The van der Waals surface area contributed by atoms with Gasteiger partial charge in [0.15, 0.2) is 0 Å². The lowest BCUT2D eigenvalue weighted by molar-refractivity contribution is 0.0956. The number of fused-ring (bicyclic) bond motifs is 1. The van der Waals surface area contributed by atoms with Crippen LogP contribution in [0.15, 0.2) is 36.4 Å². The van der Waals surface area contributed by atoms with E-state index in [0.717, 1.165) is 11.5 Å². The van der Waals surface area contributed by atoms with Crippen LogP contribution in [0.1, 0.15) is 10.4 Å². The molecule has 1 unspecified atom stereocenters. The predicted octanol–water partition coefficient (Wildman–Crippen LogP) is 3.56. The molecule has 3 rings (SSSR count). The molecule has 0 radical (unpaired) electrons. The Kier molecular flexibility index (Phi) is 4.70. The van der Waals surface area contributed by atoms with Crippen molar-refractivity contribution in [2.24, 2.45) is 0 Å². The van der Waals surface area contributed by atoms with Gasteiger partial charge in [0.2, 0.25) is 0 Å². The monoisotopic (exact) mass is 321 g/mol. The van der Waals surface area contributed by atoms with E-state index in [1.54, 1.807) is 24.3 Å². The van der Waals surface area contributed by atoms with Crippen LogP contribution in [0.5, 0.6) is 0 Å². The van der Waals surface area contributed by atoms with Crippen LogP contribution in [0.25, 0.3) is 10.8 Å². The largest absolute Gasteiger partial charge is 0.351 e. The Hall–Kier alpha value is -1.20. The second-order valence-corrected chi connectivity index (χ2v) is 7.48. The molecule has 2 aromatic carbocycles. The maximum Gasteiger partial charge on any atom is 0.251 e. The third-order valence-corrected chi connectivity index (χ3v) is 6.34. The van der Waals surface area contributed by atoms with Crippen molar-refractivity contribution >= 4 is 40.2 Å². The number of hydrogen-bond acceptors (Lipinski definition) is 3. The van der Waals surface area contributed by atoms with Crippen LogP contribution in [0.4, 0.5) is 4.39 Å². The quantitative estimate of drug-likeness (QED) is 0.937. The van der Waals surface area contributed by atoms with Gasteiger partial charge in [0, 0.05) is 40.0 Å². The first kappa shape index (κ1) is 14.7. The van der Waals surface area contributed by atoms with E-state index in [1.807, 2.05) is 29.6 Å². The number of carbonyl (C=O) groups excluding carboxylic acids is 1. The molecule has 0 saturated carbocycles. The lowest BCUT2D eigenvalue weighted by Crippen LogP contribution is -2.33. The number of thioether (sulfide) groups is 2. The number of benzene rings is 2. The minimum absolute atomic E-state index is 0.123. The second-order valence-electron chi connectivity index (χ2n) is 4.92. The first-order valence-electron chi connectivity index (χ1n) is 6.90. The topological polar surface area (TPSA) is 29.1 Å². The summed E-state index contributed by atoms with van der Waals surface area (Å²) < 4.78 is 13.8. The van der Waals surface area contributed by atoms with Crippen LogP contribution >= 0.6 is 23.5 Å². The second kappa shape index (κ2) is 6.71. The van der Waals surface area contributed by atoms with E-state index < -0.39 is 0 Å². The molecule has 1 aliphatic rings. The van der Waals surface area contributed by atoms with E-state index in [1.165, 1.54) is 11.8 Å². The first-order valence-corrected chi connectivity index (χ1v) is 9.11. The van der Waals surface area contributed by atoms with Crippen molar-refractivity contribution in [3.8, 4) is 0 Å². The van der Waals surface area contributed by atoms with Crippen LogP contribution in [0.2, 0.25) is 0 Å². The molecule has 2 nitrogen and oxygen atoms in total. The summed E-state index contributed by atoms with van der Waals surface area (Å²) in [5, 5.41) is 4.62. The number of nitrogens with one attached hydrogen (secondary N) is 1. The van der Waals surface area contributed by atoms with Crippen LogP contribution < -0.4 is 5.32 Å². The fraction of sp³-hybridized carbons (Fsp3) is 0.312. The van der Waals surface area contributed by atoms with Gasteiger partial charge in [-0.3, -0.25) is 4.79 Å². The van der Waals surface area contributed by atoms with Crippen LogP contribution in [0, 0.1) is 5.82 Å². The lowest BCUT2D eigenvalue weighted by atomic mass is 10.0. The van der Waals surface area contributed by atoms with Gasteiger partial charge >= 0.3 is 0 Å². The third kappa shape index (κ3) is 3.35. The van der Waals surface area contributed by atoms with Gasteiger partial charge in [-0.05, 0) is 17.5 Å². The fourth-order valence-corrected chi connectivity index (χ4v) is 5.03. The standard InChI is InChI=1S/C16H16FNOS2/c17-15-6-5-14(12-3-1-2-4-13(12)15)16(19)18-9-11-10-20-7-8-21-11/h1-6,11H,7-10H2,(H,18,19). The molecule has 2 aromatic rings. The number of carbonyl (C=O) groups is 1. The summed E-state index contributed by atoms with van der Waals surface area (Å²) in [6, 6.07) is 10.0. The van der Waals surface area contributed by atoms with Crippen molar-refractivity contribution in [1.29, 1.82) is 0 Å². The maximum atomic E-state index is 13.8. The molecule has 0 spiro atoms. The summed E-state index contributed by atoms with van der Waals surface area (Å²) >= 11 is 3.84. The molecule has 1 heterocycles. The maximum absolute atomic E-state index is 13.8. The average Bonchev–Trinajstić information content (AvgIpc) is 2.54. The van der Waals surface area contributed by atoms with Crippen molar-refractivity contribution in [2.75, 3.05) is 23.8 Å². The molecule has 0 aromatic heterocycles. The van der Waals surface area contributed by atoms with Gasteiger partial charge in [-0.1, -0.05) is 24.3 Å². The SMILES string of the molecule is O=C(NCC1CSCCS1)c1ccc(F)c2ccccc12. The van der Waals surface area contributed by atoms with Gasteiger partial charge in [-0.15, -0.1) is 0 Å².